The molecule has 0 spiro atoms. The molecule has 1 aliphatic heterocycles. The van der Waals surface area contributed by atoms with Gasteiger partial charge in [-0.05, 0) is 12.8 Å². The van der Waals surface area contributed by atoms with Crippen molar-refractivity contribution < 1.29 is 18.0 Å². The summed E-state index contributed by atoms with van der Waals surface area (Å²) in [6.07, 6.45) is 1.87. The van der Waals surface area contributed by atoms with Gasteiger partial charge in [0.25, 0.3) is 0 Å². The van der Waals surface area contributed by atoms with E-state index in [1.54, 1.807) is 6.92 Å². The molecule has 110 valence electrons. The number of nitrogens with one attached hydrogen (secondary N) is 1. The van der Waals surface area contributed by atoms with Crippen molar-refractivity contribution in [2.24, 2.45) is 5.92 Å². The fourth-order valence-corrected chi connectivity index (χ4v) is 2.72. The maximum atomic E-state index is 12.1. The molecule has 0 bridgehead atoms. The highest BCUT2D eigenvalue weighted by molar-refractivity contribution is 7.90. The van der Waals surface area contributed by atoms with Crippen molar-refractivity contribution >= 4 is 21.7 Å². The SMILES string of the molecule is CCC(C)C1C(=O)NC(C)C(=O)N1CCS(C)(=O)=O. The number of hydrogen-bond donors (Lipinski definition) is 1. The van der Waals surface area contributed by atoms with Crippen molar-refractivity contribution in [3.8, 4) is 0 Å². The lowest BCUT2D eigenvalue weighted by Gasteiger charge is -2.40. The smallest absolute Gasteiger partial charge is 0.245 e. The van der Waals surface area contributed by atoms with Crippen LogP contribution in [0.4, 0.5) is 0 Å². The Hall–Kier alpha value is -1.11. The van der Waals surface area contributed by atoms with Gasteiger partial charge in [0, 0.05) is 12.8 Å². The fraction of sp³-hybridized carbons (Fsp3) is 0.833. The van der Waals surface area contributed by atoms with Crippen LogP contribution < -0.4 is 5.32 Å². The zero-order chi connectivity index (χ0) is 14.8. The number of hydrogen-bond acceptors (Lipinski definition) is 4. The van der Waals surface area contributed by atoms with E-state index < -0.39 is 21.9 Å². The zero-order valence-corrected chi connectivity index (χ0v) is 12.7. The summed E-state index contributed by atoms with van der Waals surface area (Å²) in [5.41, 5.74) is 0. The van der Waals surface area contributed by atoms with E-state index in [9.17, 15) is 18.0 Å². The van der Waals surface area contributed by atoms with Gasteiger partial charge in [-0.25, -0.2) is 8.42 Å². The summed E-state index contributed by atoms with van der Waals surface area (Å²) in [6.45, 7) is 5.51. The minimum atomic E-state index is -3.16. The molecule has 7 heteroatoms. The Morgan fingerprint density at radius 2 is 1.95 bits per heavy atom. The summed E-state index contributed by atoms with van der Waals surface area (Å²) in [6, 6.07) is -1.16. The van der Waals surface area contributed by atoms with Gasteiger partial charge in [-0.3, -0.25) is 9.59 Å². The van der Waals surface area contributed by atoms with Crippen LogP contribution in [0.25, 0.3) is 0 Å². The molecular weight excluding hydrogens is 268 g/mol. The van der Waals surface area contributed by atoms with E-state index in [1.165, 1.54) is 4.90 Å². The summed E-state index contributed by atoms with van der Waals surface area (Å²) in [5.74, 6) is -0.536. The van der Waals surface area contributed by atoms with Crippen LogP contribution in [0, 0.1) is 5.92 Å². The number of rotatable bonds is 5. The van der Waals surface area contributed by atoms with Crippen molar-refractivity contribution in [3.63, 3.8) is 0 Å². The quantitative estimate of drug-likeness (QED) is 0.759. The Kier molecular flexibility index (Phi) is 4.95. The predicted octanol–water partition coefficient (Wildman–Crippen LogP) is -0.207. The molecule has 6 nitrogen and oxygen atoms in total. The van der Waals surface area contributed by atoms with E-state index in [0.29, 0.717) is 0 Å². The van der Waals surface area contributed by atoms with Crippen molar-refractivity contribution in [3.05, 3.63) is 0 Å². The molecule has 0 aromatic carbocycles. The first-order valence-electron chi connectivity index (χ1n) is 6.46. The lowest BCUT2D eigenvalue weighted by molar-refractivity contribution is -0.150. The molecule has 1 aliphatic rings. The lowest BCUT2D eigenvalue weighted by Crippen LogP contribution is -2.64. The van der Waals surface area contributed by atoms with Crippen molar-refractivity contribution in [2.75, 3.05) is 18.6 Å². The predicted molar refractivity (Wildman–Crippen MR) is 72.3 cm³/mol. The molecule has 0 aromatic rings. The number of carbonyl (C=O) groups is 2. The second kappa shape index (κ2) is 5.90. The second-order valence-electron chi connectivity index (χ2n) is 5.22. The van der Waals surface area contributed by atoms with Crippen LogP contribution in [0.15, 0.2) is 0 Å². The molecule has 1 rings (SSSR count). The van der Waals surface area contributed by atoms with E-state index in [2.05, 4.69) is 5.32 Å². The summed E-state index contributed by atoms with van der Waals surface area (Å²) in [7, 11) is -3.16. The van der Waals surface area contributed by atoms with Crippen LogP contribution in [0.5, 0.6) is 0 Å². The van der Waals surface area contributed by atoms with Gasteiger partial charge in [-0.2, -0.15) is 0 Å². The average molecular weight is 290 g/mol. The van der Waals surface area contributed by atoms with Crippen molar-refractivity contribution in [1.82, 2.24) is 10.2 Å². The first-order valence-corrected chi connectivity index (χ1v) is 8.52. The standard InChI is InChI=1S/C12H22N2O4S/c1-5-8(2)10-11(15)13-9(3)12(16)14(10)6-7-19(4,17)18/h8-10H,5-7H2,1-4H3,(H,13,15). The third kappa shape index (κ3) is 3.92. The third-order valence-corrected chi connectivity index (χ3v) is 4.43. The number of nitrogens with zero attached hydrogens (tertiary/aromatic N) is 1. The molecule has 0 saturated carbocycles. The molecule has 1 fully saturated rings. The molecule has 3 atom stereocenters. The Morgan fingerprint density at radius 3 is 2.42 bits per heavy atom. The van der Waals surface area contributed by atoms with Crippen LogP contribution in [0.3, 0.4) is 0 Å². The van der Waals surface area contributed by atoms with E-state index >= 15 is 0 Å². The Labute approximate surface area is 114 Å². The zero-order valence-electron chi connectivity index (χ0n) is 11.8. The number of sulfone groups is 1. The summed E-state index contributed by atoms with van der Waals surface area (Å²) >= 11 is 0. The molecule has 3 unspecified atom stereocenters. The summed E-state index contributed by atoms with van der Waals surface area (Å²) in [4.78, 5) is 25.6. The molecule has 0 radical (unpaired) electrons. The first-order chi connectivity index (χ1) is 8.67. The third-order valence-electron chi connectivity index (χ3n) is 3.50. The van der Waals surface area contributed by atoms with E-state index in [-0.39, 0.29) is 30.0 Å². The number of piperazine rings is 1. The summed E-state index contributed by atoms with van der Waals surface area (Å²) in [5, 5.41) is 2.64. The number of amides is 2. The minimum Gasteiger partial charge on any atom is -0.343 e. The maximum absolute atomic E-state index is 12.1. The van der Waals surface area contributed by atoms with Crippen molar-refractivity contribution in [2.45, 2.75) is 39.3 Å². The van der Waals surface area contributed by atoms with Crippen LogP contribution in [0.2, 0.25) is 0 Å². The van der Waals surface area contributed by atoms with E-state index in [1.807, 2.05) is 13.8 Å². The molecule has 0 aliphatic carbocycles. The van der Waals surface area contributed by atoms with Gasteiger partial charge < -0.3 is 10.2 Å². The van der Waals surface area contributed by atoms with Crippen LogP contribution in [0.1, 0.15) is 27.2 Å². The molecule has 2 amide bonds. The molecule has 1 heterocycles. The van der Waals surface area contributed by atoms with Crippen molar-refractivity contribution in [1.29, 1.82) is 0 Å². The maximum Gasteiger partial charge on any atom is 0.245 e. The first kappa shape index (κ1) is 15.9. The highest BCUT2D eigenvalue weighted by atomic mass is 32.2. The Balaban J connectivity index is 2.95. The summed E-state index contributed by atoms with van der Waals surface area (Å²) < 4.78 is 22.5. The van der Waals surface area contributed by atoms with Gasteiger partial charge in [0.1, 0.15) is 21.9 Å². The van der Waals surface area contributed by atoms with Gasteiger partial charge in [0.15, 0.2) is 0 Å². The lowest BCUT2D eigenvalue weighted by atomic mass is 9.94. The van der Waals surface area contributed by atoms with Gasteiger partial charge in [-0.15, -0.1) is 0 Å². The van der Waals surface area contributed by atoms with Gasteiger partial charge in [0.05, 0.1) is 5.75 Å². The second-order valence-corrected chi connectivity index (χ2v) is 7.48. The fourth-order valence-electron chi connectivity index (χ4n) is 2.19. The molecule has 1 saturated heterocycles. The molecule has 19 heavy (non-hydrogen) atoms. The number of carbonyl (C=O) groups excluding carboxylic acids is 2. The normalized spacial score (nSPS) is 26.2. The molecule has 1 N–H and O–H groups in total. The van der Waals surface area contributed by atoms with Crippen LogP contribution in [-0.4, -0.2) is 55.8 Å². The van der Waals surface area contributed by atoms with Gasteiger partial charge >= 0.3 is 0 Å². The van der Waals surface area contributed by atoms with E-state index in [4.69, 9.17) is 0 Å². The minimum absolute atomic E-state index is 0.00369. The molecular formula is C12H22N2O4S. The van der Waals surface area contributed by atoms with Crippen LogP contribution in [-0.2, 0) is 19.4 Å². The largest absolute Gasteiger partial charge is 0.343 e. The van der Waals surface area contributed by atoms with Crippen LogP contribution >= 0.6 is 0 Å². The topological polar surface area (TPSA) is 83.6 Å². The Bertz CT molecular complexity index is 460. The Morgan fingerprint density at radius 1 is 1.37 bits per heavy atom. The monoisotopic (exact) mass is 290 g/mol. The highest BCUT2D eigenvalue weighted by Crippen LogP contribution is 2.20. The highest BCUT2D eigenvalue weighted by Gasteiger charge is 2.40. The van der Waals surface area contributed by atoms with Gasteiger partial charge in [-0.1, -0.05) is 20.3 Å². The average Bonchev–Trinajstić information content (AvgIpc) is 2.29. The van der Waals surface area contributed by atoms with E-state index in [0.717, 1.165) is 12.7 Å². The van der Waals surface area contributed by atoms with Gasteiger partial charge in [0.2, 0.25) is 11.8 Å². The molecule has 0 aromatic heterocycles.